The first-order valence-corrected chi connectivity index (χ1v) is 6.76. The van der Waals surface area contributed by atoms with Gasteiger partial charge in [0.1, 0.15) is 23.2 Å². The van der Waals surface area contributed by atoms with Gasteiger partial charge in [-0.1, -0.05) is 6.92 Å². The fourth-order valence-electron chi connectivity index (χ4n) is 2.84. The number of carbonyl (C=O) groups is 1. The molecule has 122 valence electrons. The molecule has 0 radical (unpaired) electrons. The van der Waals surface area contributed by atoms with Crippen LogP contribution in [0.1, 0.15) is 35.7 Å². The van der Waals surface area contributed by atoms with Crippen molar-refractivity contribution in [1.82, 2.24) is 0 Å². The predicted molar refractivity (Wildman–Crippen MR) is 69.1 cm³/mol. The number of anilines is 1. The van der Waals surface area contributed by atoms with Crippen LogP contribution in [0.3, 0.4) is 0 Å². The second-order valence-electron chi connectivity index (χ2n) is 5.11. The van der Waals surface area contributed by atoms with Gasteiger partial charge < -0.3 is 10.0 Å². The summed E-state index contributed by atoms with van der Waals surface area (Å²) in [4.78, 5) is 11.8. The first-order chi connectivity index (χ1) is 10.2. The maximum Gasteiger partial charge on any atom is 0.408 e. The third-order valence-electron chi connectivity index (χ3n) is 3.79. The Hall–Kier alpha value is -1.86. The van der Waals surface area contributed by atoms with Gasteiger partial charge in [0, 0.05) is 17.8 Å². The van der Waals surface area contributed by atoms with E-state index in [0.717, 1.165) is 4.90 Å². The van der Waals surface area contributed by atoms with E-state index in [1.165, 1.54) is 6.92 Å². The molecule has 1 aromatic rings. The number of hydrogen-bond acceptors (Lipinski definition) is 2. The van der Waals surface area contributed by atoms with Crippen LogP contribution in [-0.4, -0.2) is 29.8 Å². The maximum absolute atomic E-state index is 14.2. The highest BCUT2D eigenvalue weighted by atomic mass is 19.4. The van der Waals surface area contributed by atoms with Crippen molar-refractivity contribution < 1.29 is 31.9 Å². The Kier molecular flexibility index (Phi) is 4.30. The molecule has 0 fully saturated rings. The fourth-order valence-corrected chi connectivity index (χ4v) is 2.84. The van der Waals surface area contributed by atoms with Gasteiger partial charge in [0.05, 0.1) is 0 Å². The lowest BCUT2D eigenvalue weighted by Crippen LogP contribution is -2.48. The van der Waals surface area contributed by atoms with Gasteiger partial charge in [-0.15, -0.1) is 0 Å². The number of hydrogen-bond donors (Lipinski definition) is 1. The van der Waals surface area contributed by atoms with Crippen molar-refractivity contribution in [2.45, 2.75) is 38.4 Å². The molecule has 0 amide bonds. The van der Waals surface area contributed by atoms with E-state index < -0.39 is 35.4 Å². The lowest BCUT2D eigenvalue weighted by atomic mass is 9.95. The van der Waals surface area contributed by atoms with Crippen molar-refractivity contribution >= 4 is 11.7 Å². The van der Waals surface area contributed by atoms with E-state index >= 15 is 0 Å². The van der Waals surface area contributed by atoms with E-state index in [9.17, 15) is 26.7 Å². The first kappa shape index (κ1) is 16.5. The smallest absolute Gasteiger partial charge is 0.408 e. The minimum Gasteiger partial charge on any atom is -0.477 e. The van der Waals surface area contributed by atoms with Crippen LogP contribution in [0.25, 0.3) is 0 Å². The highest BCUT2D eigenvalue weighted by Gasteiger charge is 2.44. The number of carboxylic acid groups (broad SMARTS) is 1. The summed E-state index contributed by atoms with van der Waals surface area (Å²) in [5, 5.41) is 8.82. The molecule has 1 N–H and O–H groups in total. The molecular formula is C14H14F5NO2. The molecule has 1 aromatic carbocycles. The molecule has 3 nitrogen and oxygen atoms in total. The Morgan fingerprint density at radius 3 is 2.55 bits per heavy atom. The number of benzene rings is 1. The van der Waals surface area contributed by atoms with Crippen LogP contribution in [0.4, 0.5) is 27.6 Å². The van der Waals surface area contributed by atoms with Crippen molar-refractivity contribution in [2.24, 2.45) is 0 Å². The standard InChI is InChI=1S/C14H14F5NO2/c1-2-10(14(17,18)19)20-5-3-4-7-9(20)6-8(15)11(12(7)16)13(21)22/h6,10H,2-5H2,1H3,(H,21,22). The molecule has 1 heterocycles. The Balaban J connectivity index is 2.59. The topological polar surface area (TPSA) is 40.5 Å². The van der Waals surface area contributed by atoms with E-state index in [2.05, 4.69) is 0 Å². The highest BCUT2D eigenvalue weighted by molar-refractivity contribution is 5.89. The molecule has 1 aliphatic heterocycles. The van der Waals surface area contributed by atoms with Gasteiger partial charge in [0.25, 0.3) is 0 Å². The number of carboxylic acids is 1. The Bertz CT molecular complexity index is 600. The lowest BCUT2D eigenvalue weighted by molar-refractivity contribution is -0.149. The third kappa shape index (κ3) is 2.74. The second-order valence-corrected chi connectivity index (χ2v) is 5.11. The average Bonchev–Trinajstić information content (AvgIpc) is 2.38. The van der Waals surface area contributed by atoms with E-state index in [1.807, 2.05) is 0 Å². The normalized spacial score (nSPS) is 16.4. The minimum absolute atomic E-state index is 0.0102. The number of aromatic carboxylic acids is 1. The van der Waals surface area contributed by atoms with Crippen molar-refractivity contribution in [3.8, 4) is 0 Å². The number of fused-ring (bicyclic) bond motifs is 1. The zero-order valence-corrected chi connectivity index (χ0v) is 11.7. The van der Waals surface area contributed by atoms with Gasteiger partial charge in [0.2, 0.25) is 0 Å². The van der Waals surface area contributed by atoms with Gasteiger partial charge in [-0.3, -0.25) is 0 Å². The molecule has 0 saturated heterocycles. The van der Waals surface area contributed by atoms with Crippen molar-refractivity contribution in [1.29, 1.82) is 0 Å². The first-order valence-electron chi connectivity index (χ1n) is 6.76. The minimum atomic E-state index is -4.54. The molecule has 2 rings (SSSR count). The van der Waals surface area contributed by atoms with E-state index in [1.54, 1.807) is 0 Å². The largest absolute Gasteiger partial charge is 0.477 e. The number of alkyl halides is 3. The number of halogens is 5. The number of rotatable bonds is 3. The van der Waals surface area contributed by atoms with Crippen LogP contribution in [0.5, 0.6) is 0 Å². The summed E-state index contributed by atoms with van der Waals surface area (Å²) in [5.41, 5.74) is -1.51. The molecule has 0 saturated carbocycles. The van der Waals surface area contributed by atoms with Crippen LogP contribution in [0.15, 0.2) is 6.07 Å². The maximum atomic E-state index is 14.2. The molecule has 1 aliphatic rings. The van der Waals surface area contributed by atoms with E-state index in [4.69, 9.17) is 5.11 Å². The molecule has 1 unspecified atom stereocenters. The van der Waals surface area contributed by atoms with Gasteiger partial charge in [-0.25, -0.2) is 13.6 Å². The quantitative estimate of drug-likeness (QED) is 0.861. The Morgan fingerprint density at radius 1 is 1.41 bits per heavy atom. The predicted octanol–water partition coefficient (Wildman–Crippen LogP) is 3.76. The SMILES string of the molecule is CCC(N1CCCc2c1cc(F)c(C(=O)O)c2F)C(F)(F)F. The van der Waals surface area contributed by atoms with Crippen LogP contribution in [-0.2, 0) is 6.42 Å². The van der Waals surface area contributed by atoms with Crippen molar-refractivity contribution in [3.05, 3.63) is 28.8 Å². The lowest BCUT2D eigenvalue weighted by Gasteiger charge is -2.38. The zero-order valence-electron chi connectivity index (χ0n) is 11.7. The second kappa shape index (κ2) is 5.73. The molecule has 0 bridgehead atoms. The van der Waals surface area contributed by atoms with Gasteiger partial charge in [-0.2, -0.15) is 13.2 Å². The summed E-state index contributed by atoms with van der Waals surface area (Å²) in [6.45, 7) is 1.35. The summed E-state index contributed by atoms with van der Waals surface area (Å²) in [6, 6.07) is -1.17. The van der Waals surface area contributed by atoms with Crippen molar-refractivity contribution in [3.63, 3.8) is 0 Å². The summed E-state index contributed by atoms with van der Waals surface area (Å²) in [7, 11) is 0. The van der Waals surface area contributed by atoms with Gasteiger partial charge in [0.15, 0.2) is 0 Å². The van der Waals surface area contributed by atoms with Crippen molar-refractivity contribution in [2.75, 3.05) is 11.4 Å². The summed E-state index contributed by atoms with van der Waals surface area (Å²) in [5.74, 6) is -4.44. The van der Waals surface area contributed by atoms with Gasteiger partial charge >= 0.3 is 12.1 Å². The van der Waals surface area contributed by atoms with Crippen LogP contribution < -0.4 is 4.90 Å². The van der Waals surface area contributed by atoms with E-state index in [-0.39, 0.29) is 37.1 Å². The molecule has 1 atom stereocenters. The van der Waals surface area contributed by atoms with Crippen LogP contribution in [0, 0.1) is 11.6 Å². The van der Waals surface area contributed by atoms with Crippen LogP contribution >= 0.6 is 0 Å². The molecule has 0 spiro atoms. The molecule has 8 heteroatoms. The van der Waals surface area contributed by atoms with E-state index in [0.29, 0.717) is 6.07 Å². The van der Waals surface area contributed by atoms with Crippen LogP contribution in [0.2, 0.25) is 0 Å². The third-order valence-corrected chi connectivity index (χ3v) is 3.79. The highest BCUT2D eigenvalue weighted by Crippen LogP contribution is 2.38. The molecular weight excluding hydrogens is 309 g/mol. The summed E-state index contributed by atoms with van der Waals surface area (Å²) in [6.07, 6.45) is -4.50. The summed E-state index contributed by atoms with van der Waals surface area (Å²) < 4.78 is 67.2. The zero-order chi connectivity index (χ0) is 16.7. The number of nitrogens with zero attached hydrogens (tertiary/aromatic N) is 1. The molecule has 22 heavy (non-hydrogen) atoms. The fraction of sp³-hybridized carbons (Fsp3) is 0.500. The molecule has 0 aromatic heterocycles. The average molecular weight is 323 g/mol. The van der Waals surface area contributed by atoms with Gasteiger partial charge in [-0.05, 0) is 25.3 Å². The summed E-state index contributed by atoms with van der Waals surface area (Å²) >= 11 is 0. The monoisotopic (exact) mass is 323 g/mol. The molecule has 0 aliphatic carbocycles. The Labute approximate surface area is 123 Å². The Morgan fingerprint density at radius 2 is 2.05 bits per heavy atom.